The van der Waals surface area contributed by atoms with Gasteiger partial charge < -0.3 is 10.2 Å². The molecule has 36 heavy (non-hydrogen) atoms. The monoisotopic (exact) mass is 523 g/mol. The molecule has 0 unspecified atom stereocenters. The molecule has 0 fully saturated rings. The molecule has 3 aromatic carbocycles. The highest BCUT2D eigenvalue weighted by Crippen LogP contribution is 2.38. The second-order valence-corrected chi connectivity index (χ2v) is 8.69. The van der Waals surface area contributed by atoms with Crippen LogP contribution in [0.25, 0.3) is 0 Å². The van der Waals surface area contributed by atoms with E-state index >= 15 is 0 Å². The Morgan fingerprint density at radius 2 is 1.64 bits per heavy atom. The lowest BCUT2D eigenvalue weighted by Crippen LogP contribution is -2.46. The SMILES string of the molecule is C[C@H]1c2ccc(C(=O)NCc3c(F)cc(F)cc3F)cc2N(Cc2c(Cl)ccc(F)c2F)C(=O)N1C. The molecule has 4 rings (SSSR count). The summed E-state index contributed by atoms with van der Waals surface area (Å²) in [6.07, 6.45) is 0. The Labute approximate surface area is 208 Å². The lowest BCUT2D eigenvalue weighted by Gasteiger charge is -2.39. The van der Waals surface area contributed by atoms with E-state index in [1.807, 2.05) is 0 Å². The van der Waals surface area contributed by atoms with Crippen LogP contribution in [0.3, 0.4) is 0 Å². The fourth-order valence-corrected chi connectivity index (χ4v) is 4.18. The maximum atomic E-state index is 14.5. The molecule has 11 heteroatoms. The Morgan fingerprint density at radius 3 is 2.31 bits per heavy atom. The smallest absolute Gasteiger partial charge is 0.325 e. The average Bonchev–Trinajstić information content (AvgIpc) is 2.83. The van der Waals surface area contributed by atoms with Crippen LogP contribution in [0, 0.1) is 29.1 Å². The predicted molar refractivity (Wildman–Crippen MR) is 123 cm³/mol. The minimum atomic E-state index is -1.20. The van der Waals surface area contributed by atoms with Crippen molar-refractivity contribution in [1.29, 1.82) is 0 Å². The molecule has 0 bridgehead atoms. The number of halogens is 6. The summed E-state index contributed by atoms with van der Waals surface area (Å²) < 4.78 is 69.3. The topological polar surface area (TPSA) is 52.7 Å². The highest BCUT2D eigenvalue weighted by Gasteiger charge is 2.34. The first-order valence-corrected chi connectivity index (χ1v) is 11.1. The van der Waals surface area contributed by atoms with Gasteiger partial charge in [0.2, 0.25) is 0 Å². The molecule has 0 saturated carbocycles. The van der Waals surface area contributed by atoms with Crippen molar-refractivity contribution < 1.29 is 31.5 Å². The summed E-state index contributed by atoms with van der Waals surface area (Å²) in [5, 5.41) is 2.28. The van der Waals surface area contributed by atoms with Crippen molar-refractivity contribution in [2.45, 2.75) is 26.1 Å². The molecule has 1 atom stereocenters. The van der Waals surface area contributed by atoms with E-state index in [0.717, 1.165) is 11.0 Å². The largest absolute Gasteiger partial charge is 0.348 e. The number of amides is 3. The summed E-state index contributed by atoms with van der Waals surface area (Å²) in [5.41, 5.74) is 0.161. The van der Waals surface area contributed by atoms with Gasteiger partial charge in [-0.1, -0.05) is 17.7 Å². The second kappa shape index (κ2) is 9.77. The first kappa shape index (κ1) is 25.4. The number of rotatable bonds is 5. The van der Waals surface area contributed by atoms with Gasteiger partial charge in [-0.2, -0.15) is 0 Å². The van der Waals surface area contributed by atoms with Crippen molar-refractivity contribution in [2.24, 2.45) is 0 Å². The number of carbonyl (C=O) groups excluding carboxylic acids is 2. The molecule has 0 radical (unpaired) electrons. The number of anilines is 1. The van der Waals surface area contributed by atoms with Gasteiger partial charge in [0.15, 0.2) is 11.6 Å². The summed E-state index contributed by atoms with van der Waals surface area (Å²) in [5.74, 6) is -6.45. The van der Waals surface area contributed by atoms with E-state index in [2.05, 4.69) is 5.32 Å². The summed E-state index contributed by atoms with van der Waals surface area (Å²) in [7, 11) is 1.54. The van der Waals surface area contributed by atoms with Crippen LogP contribution in [-0.2, 0) is 13.1 Å². The van der Waals surface area contributed by atoms with E-state index in [4.69, 9.17) is 11.6 Å². The van der Waals surface area contributed by atoms with E-state index in [0.29, 0.717) is 17.7 Å². The molecule has 188 valence electrons. The average molecular weight is 524 g/mol. The number of benzene rings is 3. The molecular formula is C25H19ClF5N3O2. The zero-order valence-corrected chi connectivity index (χ0v) is 19.8. The van der Waals surface area contributed by atoms with Crippen molar-refractivity contribution in [3.8, 4) is 0 Å². The Bertz CT molecular complexity index is 1360. The second-order valence-electron chi connectivity index (χ2n) is 8.28. The molecule has 0 saturated heterocycles. The standard InChI is InChI=1S/C25H19ClF5N3O2/c1-12-15-4-3-13(24(35)32-10-16-20(29)8-14(27)9-21(16)30)7-22(15)34(25(36)33(12)2)11-17-18(26)5-6-19(28)23(17)31/h3-9,12H,10-11H2,1-2H3,(H,32,35)/t12-/m0/s1. The summed E-state index contributed by atoms with van der Waals surface area (Å²) in [6, 6.07) is 6.52. The number of nitrogens with zero attached hydrogens (tertiary/aromatic N) is 2. The predicted octanol–water partition coefficient (Wildman–Crippen LogP) is 6.10. The van der Waals surface area contributed by atoms with Crippen LogP contribution in [-0.4, -0.2) is 23.9 Å². The van der Waals surface area contributed by atoms with Crippen LogP contribution in [0.5, 0.6) is 0 Å². The van der Waals surface area contributed by atoms with Crippen LogP contribution in [0.15, 0.2) is 42.5 Å². The summed E-state index contributed by atoms with van der Waals surface area (Å²) >= 11 is 6.07. The third-order valence-corrected chi connectivity index (χ3v) is 6.49. The fourth-order valence-electron chi connectivity index (χ4n) is 3.98. The molecule has 1 N–H and O–H groups in total. The van der Waals surface area contributed by atoms with Crippen molar-refractivity contribution in [3.63, 3.8) is 0 Å². The van der Waals surface area contributed by atoms with Gasteiger partial charge in [0, 0.05) is 47.4 Å². The van der Waals surface area contributed by atoms with Gasteiger partial charge in [-0.3, -0.25) is 9.69 Å². The number of fused-ring (bicyclic) bond motifs is 1. The molecule has 3 aromatic rings. The molecule has 0 aromatic heterocycles. The maximum absolute atomic E-state index is 14.5. The van der Waals surface area contributed by atoms with E-state index < -0.39 is 65.7 Å². The van der Waals surface area contributed by atoms with E-state index in [1.165, 1.54) is 23.1 Å². The maximum Gasteiger partial charge on any atom is 0.325 e. The molecule has 3 amide bonds. The van der Waals surface area contributed by atoms with Crippen LogP contribution in [0.4, 0.5) is 32.4 Å². The highest BCUT2D eigenvalue weighted by molar-refractivity contribution is 6.31. The summed E-state index contributed by atoms with van der Waals surface area (Å²) in [4.78, 5) is 28.4. The third-order valence-electron chi connectivity index (χ3n) is 6.13. The van der Waals surface area contributed by atoms with Crippen molar-refractivity contribution in [3.05, 3.63) is 98.8 Å². The van der Waals surface area contributed by atoms with Gasteiger partial charge >= 0.3 is 6.03 Å². The molecule has 5 nitrogen and oxygen atoms in total. The minimum Gasteiger partial charge on any atom is -0.348 e. The molecule has 1 aliphatic heterocycles. The molecule has 0 spiro atoms. The van der Waals surface area contributed by atoms with Crippen molar-refractivity contribution in [1.82, 2.24) is 10.2 Å². The lowest BCUT2D eigenvalue weighted by molar-refractivity contribution is 0.0950. The Balaban J connectivity index is 1.67. The molecule has 1 aliphatic rings. The van der Waals surface area contributed by atoms with Crippen LogP contribution < -0.4 is 10.2 Å². The number of carbonyl (C=O) groups is 2. The third kappa shape index (κ3) is 4.60. The van der Waals surface area contributed by atoms with Gasteiger partial charge in [0.25, 0.3) is 5.91 Å². The summed E-state index contributed by atoms with van der Waals surface area (Å²) in [6.45, 7) is 0.784. The normalized spacial score (nSPS) is 15.2. The van der Waals surface area contributed by atoms with Crippen molar-refractivity contribution in [2.75, 3.05) is 11.9 Å². The van der Waals surface area contributed by atoms with Gasteiger partial charge in [-0.05, 0) is 36.8 Å². The minimum absolute atomic E-state index is 0.0389. The molecule has 1 heterocycles. The lowest BCUT2D eigenvalue weighted by atomic mass is 9.98. The number of nitrogens with one attached hydrogen (secondary N) is 1. The fraction of sp³-hybridized carbons (Fsp3) is 0.200. The van der Waals surface area contributed by atoms with E-state index in [1.54, 1.807) is 20.0 Å². The number of urea groups is 1. The Kier molecular flexibility index (Phi) is 6.90. The highest BCUT2D eigenvalue weighted by atomic mass is 35.5. The Hall–Kier alpha value is -3.66. The number of hydrogen-bond donors (Lipinski definition) is 1. The molecular weight excluding hydrogens is 505 g/mol. The van der Waals surface area contributed by atoms with Crippen LogP contribution in [0.2, 0.25) is 5.02 Å². The van der Waals surface area contributed by atoms with Gasteiger partial charge in [-0.25, -0.2) is 26.7 Å². The Morgan fingerprint density at radius 1 is 0.972 bits per heavy atom. The molecule has 0 aliphatic carbocycles. The van der Waals surface area contributed by atoms with Crippen LogP contribution in [0.1, 0.15) is 40.0 Å². The van der Waals surface area contributed by atoms with Gasteiger partial charge in [0.05, 0.1) is 18.3 Å². The zero-order chi connectivity index (χ0) is 26.3. The van der Waals surface area contributed by atoms with Gasteiger partial charge in [-0.15, -0.1) is 0 Å². The first-order valence-electron chi connectivity index (χ1n) is 10.7. The van der Waals surface area contributed by atoms with Gasteiger partial charge in [0.1, 0.15) is 17.5 Å². The number of hydrogen-bond acceptors (Lipinski definition) is 2. The van der Waals surface area contributed by atoms with Crippen LogP contribution >= 0.6 is 11.6 Å². The first-order chi connectivity index (χ1) is 17.0. The quantitative estimate of drug-likeness (QED) is 0.325. The zero-order valence-electron chi connectivity index (χ0n) is 19.0. The van der Waals surface area contributed by atoms with Crippen molar-refractivity contribution >= 4 is 29.2 Å². The van der Waals surface area contributed by atoms with E-state index in [9.17, 15) is 31.5 Å². The van der Waals surface area contributed by atoms with E-state index in [-0.39, 0.29) is 21.8 Å².